The van der Waals surface area contributed by atoms with Gasteiger partial charge in [0.05, 0.1) is 13.2 Å². The van der Waals surface area contributed by atoms with E-state index in [-0.39, 0.29) is 24.4 Å². The van der Waals surface area contributed by atoms with Gasteiger partial charge in [-0.1, -0.05) is 6.07 Å². The zero-order chi connectivity index (χ0) is 20.1. The van der Waals surface area contributed by atoms with E-state index in [2.05, 4.69) is 12.1 Å². The Bertz CT molecular complexity index is 839. The molecule has 0 N–H and O–H groups in total. The number of aryl methyl sites for hydroxylation is 2. The molecule has 1 aliphatic heterocycles. The SMILES string of the molecule is O=C(COc1ccc(F)cc1)N1CCOC(COc2ccc3c(c2)CCCC3)C1. The molecule has 1 amide bonds. The van der Waals surface area contributed by atoms with Gasteiger partial charge in [-0.15, -0.1) is 0 Å². The molecular formula is C23H26FNO4. The molecule has 1 heterocycles. The third kappa shape index (κ3) is 5.26. The Hall–Kier alpha value is -2.60. The first kappa shape index (κ1) is 19.7. The Morgan fingerprint density at radius 2 is 1.79 bits per heavy atom. The van der Waals surface area contributed by atoms with E-state index < -0.39 is 0 Å². The summed E-state index contributed by atoms with van der Waals surface area (Å²) in [7, 11) is 0. The van der Waals surface area contributed by atoms with Crippen molar-refractivity contribution in [1.82, 2.24) is 4.90 Å². The van der Waals surface area contributed by atoms with Crippen molar-refractivity contribution in [3.8, 4) is 11.5 Å². The van der Waals surface area contributed by atoms with E-state index in [0.717, 1.165) is 18.6 Å². The molecule has 0 bridgehead atoms. The Labute approximate surface area is 170 Å². The van der Waals surface area contributed by atoms with Gasteiger partial charge in [-0.25, -0.2) is 4.39 Å². The van der Waals surface area contributed by atoms with Crippen molar-refractivity contribution < 1.29 is 23.4 Å². The number of halogens is 1. The summed E-state index contributed by atoms with van der Waals surface area (Å²) in [6.07, 6.45) is 4.59. The van der Waals surface area contributed by atoms with Crippen molar-refractivity contribution >= 4 is 5.91 Å². The molecule has 0 spiro atoms. The van der Waals surface area contributed by atoms with Gasteiger partial charge in [0.25, 0.3) is 5.91 Å². The lowest BCUT2D eigenvalue weighted by molar-refractivity contribution is -0.142. The van der Waals surface area contributed by atoms with Crippen LogP contribution < -0.4 is 9.47 Å². The van der Waals surface area contributed by atoms with Crippen LogP contribution in [-0.4, -0.2) is 49.8 Å². The number of amides is 1. The van der Waals surface area contributed by atoms with E-state index in [4.69, 9.17) is 14.2 Å². The Balaban J connectivity index is 1.25. The molecule has 6 heteroatoms. The summed E-state index contributed by atoms with van der Waals surface area (Å²) in [6.45, 7) is 1.80. The Morgan fingerprint density at radius 1 is 1.03 bits per heavy atom. The number of ether oxygens (including phenoxy) is 3. The van der Waals surface area contributed by atoms with E-state index >= 15 is 0 Å². The molecule has 1 aliphatic carbocycles. The molecule has 4 rings (SSSR count). The molecule has 1 atom stereocenters. The van der Waals surface area contributed by atoms with Crippen molar-refractivity contribution in [1.29, 1.82) is 0 Å². The van der Waals surface area contributed by atoms with E-state index in [9.17, 15) is 9.18 Å². The molecule has 0 radical (unpaired) electrons. The zero-order valence-corrected chi connectivity index (χ0v) is 16.4. The minimum absolute atomic E-state index is 0.0793. The smallest absolute Gasteiger partial charge is 0.260 e. The van der Waals surface area contributed by atoms with Gasteiger partial charge in [-0.3, -0.25) is 4.79 Å². The molecule has 2 aliphatic rings. The van der Waals surface area contributed by atoms with Crippen molar-refractivity contribution in [2.24, 2.45) is 0 Å². The third-order valence-electron chi connectivity index (χ3n) is 5.42. The van der Waals surface area contributed by atoms with Crippen LogP contribution in [0.2, 0.25) is 0 Å². The maximum absolute atomic E-state index is 12.9. The number of carbonyl (C=O) groups excluding carboxylic acids is 1. The van der Waals surface area contributed by atoms with Gasteiger partial charge >= 0.3 is 0 Å². The van der Waals surface area contributed by atoms with Crippen LogP contribution in [0.25, 0.3) is 0 Å². The number of rotatable bonds is 6. The largest absolute Gasteiger partial charge is 0.491 e. The molecule has 1 unspecified atom stereocenters. The van der Waals surface area contributed by atoms with Gasteiger partial charge < -0.3 is 19.1 Å². The molecule has 154 valence electrons. The first-order valence-electron chi connectivity index (χ1n) is 10.2. The molecule has 0 saturated carbocycles. The van der Waals surface area contributed by atoms with Crippen LogP contribution in [0.15, 0.2) is 42.5 Å². The summed E-state index contributed by atoms with van der Waals surface area (Å²) >= 11 is 0. The van der Waals surface area contributed by atoms with Crippen LogP contribution in [0.3, 0.4) is 0 Å². The minimum Gasteiger partial charge on any atom is -0.491 e. The first-order valence-corrected chi connectivity index (χ1v) is 10.2. The summed E-state index contributed by atoms with van der Waals surface area (Å²) in [6, 6.07) is 12.0. The quantitative estimate of drug-likeness (QED) is 0.747. The highest BCUT2D eigenvalue weighted by Gasteiger charge is 2.25. The summed E-state index contributed by atoms with van der Waals surface area (Å²) in [4.78, 5) is 14.2. The average molecular weight is 399 g/mol. The molecule has 29 heavy (non-hydrogen) atoms. The number of hydrogen-bond acceptors (Lipinski definition) is 4. The van der Waals surface area contributed by atoms with Crippen LogP contribution in [0.1, 0.15) is 24.0 Å². The van der Waals surface area contributed by atoms with Crippen LogP contribution in [-0.2, 0) is 22.4 Å². The van der Waals surface area contributed by atoms with Gasteiger partial charge in [0.2, 0.25) is 0 Å². The summed E-state index contributed by atoms with van der Waals surface area (Å²) in [5, 5.41) is 0. The molecule has 5 nitrogen and oxygen atoms in total. The first-order chi connectivity index (χ1) is 14.2. The molecule has 1 fully saturated rings. The second-order valence-corrected chi connectivity index (χ2v) is 7.52. The predicted octanol–water partition coefficient (Wildman–Crippen LogP) is 3.39. The van der Waals surface area contributed by atoms with Gasteiger partial charge in [0.1, 0.15) is 30.0 Å². The van der Waals surface area contributed by atoms with Crippen molar-refractivity contribution in [3.63, 3.8) is 0 Å². The number of benzene rings is 2. The normalized spacial score (nSPS) is 18.8. The number of nitrogens with zero attached hydrogens (tertiary/aromatic N) is 1. The molecule has 0 aromatic heterocycles. The van der Waals surface area contributed by atoms with Gasteiger partial charge in [-0.05, 0) is 73.2 Å². The van der Waals surface area contributed by atoms with E-state index in [1.807, 2.05) is 6.07 Å². The highest BCUT2D eigenvalue weighted by atomic mass is 19.1. The van der Waals surface area contributed by atoms with E-state index in [0.29, 0.717) is 32.1 Å². The van der Waals surface area contributed by atoms with Gasteiger partial charge in [-0.2, -0.15) is 0 Å². The van der Waals surface area contributed by atoms with Crippen LogP contribution in [0.5, 0.6) is 11.5 Å². The second-order valence-electron chi connectivity index (χ2n) is 7.52. The summed E-state index contributed by atoms with van der Waals surface area (Å²) in [5.74, 6) is 0.882. The standard InChI is InChI=1S/C23H26FNO4/c24-19-6-9-20(10-7-19)29-16-23(26)25-11-12-27-22(14-25)15-28-21-8-5-17-3-1-2-4-18(17)13-21/h5-10,13,22H,1-4,11-12,14-16H2. The van der Waals surface area contributed by atoms with Crippen LogP contribution >= 0.6 is 0 Å². The maximum Gasteiger partial charge on any atom is 0.260 e. The Morgan fingerprint density at radius 3 is 2.62 bits per heavy atom. The minimum atomic E-state index is -0.335. The fraction of sp³-hybridized carbons (Fsp3) is 0.435. The van der Waals surface area contributed by atoms with Crippen molar-refractivity contribution in [3.05, 3.63) is 59.4 Å². The van der Waals surface area contributed by atoms with Crippen LogP contribution in [0.4, 0.5) is 4.39 Å². The third-order valence-corrected chi connectivity index (χ3v) is 5.42. The van der Waals surface area contributed by atoms with Crippen molar-refractivity contribution in [2.75, 3.05) is 32.9 Å². The highest BCUT2D eigenvalue weighted by molar-refractivity contribution is 5.77. The number of fused-ring (bicyclic) bond motifs is 1. The van der Waals surface area contributed by atoms with Gasteiger partial charge in [0.15, 0.2) is 6.61 Å². The topological polar surface area (TPSA) is 48.0 Å². The van der Waals surface area contributed by atoms with Crippen molar-refractivity contribution in [2.45, 2.75) is 31.8 Å². The van der Waals surface area contributed by atoms with Crippen LogP contribution in [0, 0.1) is 5.82 Å². The zero-order valence-electron chi connectivity index (χ0n) is 16.4. The second kappa shape index (κ2) is 9.27. The number of morpholine rings is 1. The lowest BCUT2D eigenvalue weighted by atomic mass is 9.92. The number of hydrogen-bond donors (Lipinski definition) is 0. The average Bonchev–Trinajstić information content (AvgIpc) is 2.77. The summed E-state index contributed by atoms with van der Waals surface area (Å²) in [5.41, 5.74) is 2.81. The monoisotopic (exact) mass is 399 g/mol. The molecule has 2 aromatic rings. The molecule has 2 aromatic carbocycles. The lowest BCUT2D eigenvalue weighted by Crippen LogP contribution is -2.49. The van der Waals surface area contributed by atoms with Gasteiger partial charge in [0, 0.05) is 6.54 Å². The fourth-order valence-corrected chi connectivity index (χ4v) is 3.80. The lowest BCUT2D eigenvalue weighted by Gasteiger charge is -2.32. The van der Waals surface area contributed by atoms with E-state index in [1.165, 1.54) is 48.2 Å². The highest BCUT2D eigenvalue weighted by Crippen LogP contribution is 2.25. The molecular weight excluding hydrogens is 373 g/mol. The molecule has 1 saturated heterocycles. The maximum atomic E-state index is 12.9. The predicted molar refractivity (Wildman–Crippen MR) is 107 cm³/mol. The number of carbonyl (C=O) groups is 1. The Kier molecular flexibility index (Phi) is 6.30. The summed E-state index contributed by atoms with van der Waals surface area (Å²) < 4.78 is 30.1. The fourth-order valence-electron chi connectivity index (χ4n) is 3.80. The van der Waals surface area contributed by atoms with E-state index in [1.54, 1.807) is 4.90 Å².